The number of piperidine rings is 1. The van der Waals surface area contributed by atoms with Gasteiger partial charge in [-0.25, -0.2) is 0 Å². The highest BCUT2D eigenvalue weighted by atomic mass is 16.5. The number of nitrogens with one attached hydrogen (secondary N) is 1. The fourth-order valence-corrected chi connectivity index (χ4v) is 2.45. The zero-order valence-corrected chi connectivity index (χ0v) is 11.0. The molecule has 0 amide bonds. The quantitative estimate of drug-likeness (QED) is 0.776. The third-order valence-corrected chi connectivity index (χ3v) is 3.47. The molecule has 0 aliphatic carbocycles. The van der Waals surface area contributed by atoms with Crippen LogP contribution in [0.25, 0.3) is 0 Å². The molecule has 1 unspecified atom stereocenters. The van der Waals surface area contributed by atoms with Crippen LogP contribution in [0.15, 0.2) is 36.9 Å². The molecule has 0 bridgehead atoms. The summed E-state index contributed by atoms with van der Waals surface area (Å²) >= 11 is 0. The molecule has 2 nitrogen and oxygen atoms in total. The minimum atomic E-state index is 0.644. The van der Waals surface area contributed by atoms with Crippen molar-refractivity contribution in [1.29, 1.82) is 0 Å². The molecule has 2 heteroatoms. The van der Waals surface area contributed by atoms with Crippen molar-refractivity contribution in [2.45, 2.75) is 38.1 Å². The van der Waals surface area contributed by atoms with Gasteiger partial charge in [0.25, 0.3) is 0 Å². The van der Waals surface area contributed by atoms with E-state index >= 15 is 0 Å². The van der Waals surface area contributed by atoms with E-state index in [4.69, 9.17) is 4.74 Å². The molecule has 1 aliphatic rings. The van der Waals surface area contributed by atoms with Crippen molar-refractivity contribution in [1.82, 2.24) is 5.32 Å². The molecule has 1 aromatic carbocycles. The van der Waals surface area contributed by atoms with Gasteiger partial charge in [-0.3, -0.25) is 0 Å². The summed E-state index contributed by atoms with van der Waals surface area (Å²) in [6, 6.07) is 8.88. The number of hydrogen-bond acceptors (Lipinski definition) is 2. The van der Waals surface area contributed by atoms with E-state index in [-0.39, 0.29) is 0 Å². The lowest BCUT2D eigenvalue weighted by Crippen LogP contribution is -2.35. The Morgan fingerprint density at radius 2 is 2.22 bits per heavy atom. The van der Waals surface area contributed by atoms with Crippen molar-refractivity contribution in [2.75, 3.05) is 13.2 Å². The van der Waals surface area contributed by atoms with Gasteiger partial charge < -0.3 is 10.1 Å². The average molecular weight is 245 g/mol. The molecule has 1 atom stereocenters. The van der Waals surface area contributed by atoms with Crippen LogP contribution in [-0.2, 0) is 6.42 Å². The topological polar surface area (TPSA) is 21.3 Å². The smallest absolute Gasteiger partial charge is 0.122 e. The van der Waals surface area contributed by atoms with Gasteiger partial charge in [0.15, 0.2) is 0 Å². The largest absolute Gasteiger partial charge is 0.493 e. The minimum absolute atomic E-state index is 0.644. The van der Waals surface area contributed by atoms with Crippen LogP contribution < -0.4 is 10.1 Å². The highest BCUT2D eigenvalue weighted by Crippen LogP contribution is 2.19. The third kappa shape index (κ3) is 3.88. The van der Waals surface area contributed by atoms with Crippen LogP contribution in [0.5, 0.6) is 5.75 Å². The average Bonchev–Trinajstić information content (AvgIpc) is 2.42. The fourth-order valence-electron chi connectivity index (χ4n) is 2.45. The first-order valence-electron chi connectivity index (χ1n) is 6.95. The van der Waals surface area contributed by atoms with Crippen LogP contribution in [0.1, 0.15) is 31.2 Å². The SMILES string of the molecule is C=CCc1ccccc1OCCC1CCCCN1. The first kappa shape index (κ1) is 13.2. The van der Waals surface area contributed by atoms with Gasteiger partial charge in [-0.15, -0.1) is 6.58 Å². The Labute approximate surface area is 110 Å². The van der Waals surface area contributed by atoms with Crippen molar-refractivity contribution in [2.24, 2.45) is 0 Å². The Morgan fingerprint density at radius 3 is 3.00 bits per heavy atom. The zero-order valence-electron chi connectivity index (χ0n) is 11.0. The molecule has 1 saturated heterocycles. The lowest BCUT2D eigenvalue weighted by molar-refractivity contribution is 0.266. The van der Waals surface area contributed by atoms with E-state index in [0.717, 1.165) is 31.7 Å². The van der Waals surface area contributed by atoms with Gasteiger partial charge in [-0.05, 0) is 43.9 Å². The Morgan fingerprint density at radius 1 is 1.33 bits per heavy atom. The molecule has 1 aromatic rings. The van der Waals surface area contributed by atoms with Gasteiger partial charge in [0.05, 0.1) is 6.61 Å². The fraction of sp³-hybridized carbons (Fsp3) is 0.500. The number of para-hydroxylation sites is 1. The van der Waals surface area contributed by atoms with E-state index in [0.29, 0.717) is 6.04 Å². The second-order valence-corrected chi connectivity index (χ2v) is 4.88. The van der Waals surface area contributed by atoms with Gasteiger partial charge in [0.2, 0.25) is 0 Å². The summed E-state index contributed by atoms with van der Waals surface area (Å²) in [7, 11) is 0. The van der Waals surface area contributed by atoms with Crippen LogP contribution in [0.2, 0.25) is 0 Å². The van der Waals surface area contributed by atoms with Gasteiger partial charge in [0, 0.05) is 6.04 Å². The lowest BCUT2D eigenvalue weighted by atomic mass is 10.0. The van der Waals surface area contributed by atoms with Crippen molar-refractivity contribution >= 4 is 0 Å². The summed E-state index contributed by atoms with van der Waals surface area (Å²) in [5.41, 5.74) is 1.23. The van der Waals surface area contributed by atoms with Crippen molar-refractivity contribution < 1.29 is 4.74 Å². The first-order valence-corrected chi connectivity index (χ1v) is 6.95. The lowest BCUT2D eigenvalue weighted by Gasteiger charge is -2.23. The summed E-state index contributed by atoms with van der Waals surface area (Å²) in [6.07, 6.45) is 7.85. The molecule has 0 aromatic heterocycles. The van der Waals surface area contributed by atoms with E-state index in [1.165, 1.54) is 24.8 Å². The summed E-state index contributed by atoms with van der Waals surface area (Å²) in [5, 5.41) is 3.55. The van der Waals surface area contributed by atoms with E-state index in [9.17, 15) is 0 Å². The molecule has 18 heavy (non-hydrogen) atoms. The first-order chi connectivity index (χ1) is 8.90. The Hall–Kier alpha value is -1.28. The number of ether oxygens (including phenoxy) is 1. The minimum Gasteiger partial charge on any atom is -0.493 e. The van der Waals surface area contributed by atoms with Gasteiger partial charge in [-0.2, -0.15) is 0 Å². The van der Waals surface area contributed by atoms with E-state index < -0.39 is 0 Å². The number of hydrogen-bond donors (Lipinski definition) is 1. The van der Waals surface area contributed by atoms with Gasteiger partial charge >= 0.3 is 0 Å². The Kier molecular flexibility index (Phi) is 5.28. The second-order valence-electron chi connectivity index (χ2n) is 4.88. The van der Waals surface area contributed by atoms with Crippen LogP contribution in [-0.4, -0.2) is 19.2 Å². The molecule has 2 rings (SSSR count). The monoisotopic (exact) mass is 245 g/mol. The Balaban J connectivity index is 1.80. The molecular formula is C16H23NO. The summed E-state index contributed by atoms with van der Waals surface area (Å²) in [6.45, 7) is 5.75. The maximum absolute atomic E-state index is 5.90. The predicted molar refractivity (Wildman–Crippen MR) is 76.1 cm³/mol. The molecule has 1 N–H and O–H groups in total. The highest BCUT2D eigenvalue weighted by molar-refractivity contribution is 5.34. The van der Waals surface area contributed by atoms with Crippen molar-refractivity contribution in [3.8, 4) is 5.75 Å². The van der Waals surface area contributed by atoms with Crippen LogP contribution in [0.4, 0.5) is 0 Å². The van der Waals surface area contributed by atoms with Crippen LogP contribution in [0, 0.1) is 0 Å². The molecule has 1 aliphatic heterocycles. The Bertz CT molecular complexity index is 369. The molecule has 1 heterocycles. The maximum Gasteiger partial charge on any atom is 0.122 e. The predicted octanol–water partition coefficient (Wildman–Crippen LogP) is 3.33. The van der Waals surface area contributed by atoms with E-state index in [2.05, 4.69) is 18.0 Å². The van der Waals surface area contributed by atoms with Crippen molar-refractivity contribution in [3.63, 3.8) is 0 Å². The number of allylic oxidation sites excluding steroid dienone is 1. The molecular weight excluding hydrogens is 222 g/mol. The highest BCUT2D eigenvalue weighted by Gasteiger charge is 2.12. The van der Waals surface area contributed by atoms with Crippen LogP contribution >= 0.6 is 0 Å². The second kappa shape index (κ2) is 7.22. The molecule has 0 spiro atoms. The van der Waals surface area contributed by atoms with Gasteiger partial charge in [0.1, 0.15) is 5.75 Å². The molecule has 0 radical (unpaired) electrons. The number of rotatable bonds is 6. The van der Waals surface area contributed by atoms with E-state index in [1.807, 2.05) is 24.3 Å². The molecule has 1 fully saturated rings. The third-order valence-electron chi connectivity index (χ3n) is 3.47. The normalized spacial score (nSPS) is 19.4. The standard InChI is InChI=1S/C16H23NO/c1-2-7-14-8-3-4-10-16(14)18-13-11-15-9-5-6-12-17-15/h2-4,8,10,15,17H,1,5-7,9,11-13H2. The van der Waals surface area contributed by atoms with Crippen molar-refractivity contribution in [3.05, 3.63) is 42.5 Å². The summed E-state index contributed by atoms with van der Waals surface area (Å²) in [4.78, 5) is 0. The molecule has 98 valence electrons. The maximum atomic E-state index is 5.90. The van der Waals surface area contributed by atoms with Gasteiger partial charge in [-0.1, -0.05) is 30.7 Å². The summed E-state index contributed by atoms with van der Waals surface area (Å²) in [5.74, 6) is 1.01. The van der Waals surface area contributed by atoms with E-state index in [1.54, 1.807) is 0 Å². The summed E-state index contributed by atoms with van der Waals surface area (Å²) < 4.78 is 5.90. The zero-order chi connectivity index (χ0) is 12.6. The molecule has 0 saturated carbocycles. The number of benzene rings is 1. The van der Waals surface area contributed by atoms with Crippen LogP contribution in [0.3, 0.4) is 0 Å².